The Morgan fingerprint density at radius 2 is 1.96 bits per heavy atom. The molecule has 1 aromatic heterocycles. The molecule has 0 unspecified atom stereocenters. The van der Waals surface area contributed by atoms with Crippen LogP contribution in [0.15, 0.2) is 58.7 Å². The number of anilines is 2. The van der Waals surface area contributed by atoms with Crippen LogP contribution in [-0.4, -0.2) is 10.9 Å². The van der Waals surface area contributed by atoms with Gasteiger partial charge < -0.3 is 16.0 Å². The van der Waals surface area contributed by atoms with Crippen LogP contribution in [0, 0.1) is 0 Å². The summed E-state index contributed by atoms with van der Waals surface area (Å²) in [5.74, 6) is -0.140. The van der Waals surface area contributed by atoms with Crippen LogP contribution < -0.4 is 15.9 Å². The smallest absolute Gasteiger partial charge is 0.304 e. The summed E-state index contributed by atoms with van der Waals surface area (Å²) in [6.07, 6.45) is 0.278. The summed E-state index contributed by atoms with van der Waals surface area (Å²) in [7, 11) is 0. The minimum absolute atomic E-state index is 0.119. The second kappa shape index (κ2) is 6.50. The van der Waals surface area contributed by atoms with E-state index in [2.05, 4.69) is 10.3 Å². The lowest BCUT2D eigenvalue weighted by Gasteiger charge is -2.10. The molecule has 6 heteroatoms. The van der Waals surface area contributed by atoms with Crippen LogP contribution in [-0.2, 0) is 11.2 Å². The van der Waals surface area contributed by atoms with Gasteiger partial charge in [0.25, 0.3) is 0 Å². The highest BCUT2D eigenvalue weighted by Gasteiger charge is 2.09. The second-order valence-electron chi connectivity index (χ2n) is 5.07. The standard InChI is InChI=1S/C17H15N3O2S/c18-13-7-6-12(15-10-23-17(22)20-15)9-14(13)19-16(21)8-11-4-2-1-3-5-11/h1-7,9-10H,8,18H2,(H,19,21)(H,20,22). The zero-order valence-electron chi connectivity index (χ0n) is 12.2. The van der Waals surface area contributed by atoms with Crippen molar-refractivity contribution < 1.29 is 4.79 Å². The van der Waals surface area contributed by atoms with Crippen molar-refractivity contribution in [2.75, 3.05) is 11.1 Å². The van der Waals surface area contributed by atoms with E-state index in [4.69, 9.17) is 5.73 Å². The van der Waals surface area contributed by atoms with Gasteiger partial charge in [0.15, 0.2) is 0 Å². The minimum atomic E-state index is -0.140. The van der Waals surface area contributed by atoms with Crippen molar-refractivity contribution in [3.63, 3.8) is 0 Å². The fourth-order valence-corrected chi connectivity index (χ4v) is 2.82. The number of hydrogen-bond acceptors (Lipinski definition) is 4. The predicted octanol–water partition coefficient (Wildman–Crippen LogP) is 2.87. The summed E-state index contributed by atoms with van der Waals surface area (Å²) in [5.41, 5.74) is 9.39. The maximum Gasteiger partial charge on any atom is 0.304 e. The topological polar surface area (TPSA) is 88.0 Å². The number of thiazole rings is 1. The molecule has 0 spiro atoms. The Balaban J connectivity index is 1.79. The summed E-state index contributed by atoms with van der Waals surface area (Å²) in [5, 5.41) is 4.56. The predicted molar refractivity (Wildman–Crippen MR) is 93.6 cm³/mol. The van der Waals surface area contributed by atoms with Crippen molar-refractivity contribution in [3.05, 3.63) is 69.1 Å². The maximum absolute atomic E-state index is 12.2. The van der Waals surface area contributed by atoms with Gasteiger partial charge in [-0.1, -0.05) is 47.7 Å². The number of aromatic nitrogens is 1. The van der Waals surface area contributed by atoms with Crippen LogP contribution >= 0.6 is 11.3 Å². The molecule has 1 amide bonds. The van der Waals surface area contributed by atoms with Crippen molar-refractivity contribution in [2.45, 2.75) is 6.42 Å². The summed E-state index contributed by atoms with van der Waals surface area (Å²) in [4.78, 5) is 26.1. The molecule has 2 aromatic carbocycles. The third kappa shape index (κ3) is 3.67. The molecule has 0 fully saturated rings. The monoisotopic (exact) mass is 325 g/mol. The molecular formula is C17H15N3O2S. The number of carbonyl (C=O) groups is 1. The lowest BCUT2D eigenvalue weighted by Crippen LogP contribution is -2.15. The molecule has 1 heterocycles. The average Bonchev–Trinajstić information content (AvgIpc) is 2.97. The van der Waals surface area contributed by atoms with Crippen LogP contribution in [0.4, 0.5) is 11.4 Å². The van der Waals surface area contributed by atoms with E-state index >= 15 is 0 Å². The van der Waals surface area contributed by atoms with Crippen molar-refractivity contribution in [3.8, 4) is 11.3 Å². The molecule has 0 radical (unpaired) electrons. The molecule has 3 aromatic rings. The molecule has 0 aliphatic heterocycles. The minimum Gasteiger partial charge on any atom is -0.397 e. The van der Waals surface area contributed by atoms with Crippen molar-refractivity contribution in [2.24, 2.45) is 0 Å². The van der Waals surface area contributed by atoms with Crippen LogP contribution in [0.5, 0.6) is 0 Å². The van der Waals surface area contributed by atoms with Gasteiger partial charge in [0.2, 0.25) is 5.91 Å². The van der Waals surface area contributed by atoms with E-state index in [9.17, 15) is 9.59 Å². The van der Waals surface area contributed by atoms with E-state index in [-0.39, 0.29) is 17.2 Å². The van der Waals surface area contributed by atoms with Crippen molar-refractivity contribution in [1.29, 1.82) is 0 Å². The van der Waals surface area contributed by atoms with Crippen molar-refractivity contribution in [1.82, 2.24) is 4.98 Å². The lowest BCUT2D eigenvalue weighted by molar-refractivity contribution is -0.115. The number of aromatic amines is 1. The first kappa shape index (κ1) is 15.1. The number of H-pyrrole nitrogens is 1. The SMILES string of the molecule is Nc1ccc(-c2csc(=O)[nH]2)cc1NC(=O)Cc1ccccc1. The van der Waals surface area contributed by atoms with Crippen molar-refractivity contribution >= 4 is 28.6 Å². The van der Waals surface area contributed by atoms with Gasteiger partial charge in [0.1, 0.15) is 0 Å². The summed E-state index contributed by atoms with van der Waals surface area (Å²) in [6.45, 7) is 0. The summed E-state index contributed by atoms with van der Waals surface area (Å²) in [6, 6.07) is 14.8. The first-order valence-electron chi connectivity index (χ1n) is 7.03. The second-order valence-corrected chi connectivity index (χ2v) is 5.92. The fourth-order valence-electron chi connectivity index (χ4n) is 2.23. The van der Waals surface area contributed by atoms with E-state index in [1.807, 2.05) is 30.3 Å². The van der Waals surface area contributed by atoms with Gasteiger partial charge in [-0.2, -0.15) is 0 Å². The molecule has 4 N–H and O–H groups in total. The van der Waals surface area contributed by atoms with Gasteiger partial charge >= 0.3 is 4.87 Å². The molecule has 0 aliphatic carbocycles. The largest absolute Gasteiger partial charge is 0.397 e. The van der Waals surface area contributed by atoms with Gasteiger partial charge in [-0.15, -0.1) is 0 Å². The Labute approximate surface area is 136 Å². The molecule has 0 saturated carbocycles. The Morgan fingerprint density at radius 3 is 2.65 bits per heavy atom. The highest BCUT2D eigenvalue weighted by Crippen LogP contribution is 2.26. The van der Waals surface area contributed by atoms with Gasteiger partial charge in [0, 0.05) is 10.9 Å². The summed E-state index contributed by atoms with van der Waals surface area (Å²) < 4.78 is 0. The molecule has 0 atom stereocenters. The Bertz CT molecular complexity index is 884. The number of nitrogen functional groups attached to an aromatic ring is 1. The maximum atomic E-state index is 12.2. The molecule has 5 nitrogen and oxygen atoms in total. The Kier molecular flexibility index (Phi) is 4.25. The van der Waals surface area contributed by atoms with E-state index in [1.165, 1.54) is 0 Å². The van der Waals surface area contributed by atoms with Crippen LogP contribution in [0.25, 0.3) is 11.3 Å². The number of amides is 1. The van der Waals surface area contributed by atoms with Gasteiger partial charge in [-0.25, -0.2) is 0 Å². The molecule has 3 rings (SSSR count). The molecule has 0 bridgehead atoms. The van der Waals surface area contributed by atoms with E-state index in [0.717, 1.165) is 22.5 Å². The zero-order valence-corrected chi connectivity index (χ0v) is 13.0. The van der Waals surface area contributed by atoms with Gasteiger partial charge in [-0.05, 0) is 17.7 Å². The van der Waals surface area contributed by atoms with E-state index in [0.29, 0.717) is 17.1 Å². The number of nitrogens with one attached hydrogen (secondary N) is 2. The number of carbonyl (C=O) groups excluding carboxylic acids is 1. The van der Waals surface area contributed by atoms with Crippen LogP contribution in [0.1, 0.15) is 5.56 Å². The number of hydrogen-bond donors (Lipinski definition) is 3. The molecule has 116 valence electrons. The lowest BCUT2D eigenvalue weighted by atomic mass is 10.1. The van der Waals surface area contributed by atoms with Crippen LogP contribution in [0.3, 0.4) is 0 Å². The molecule has 23 heavy (non-hydrogen) atoms. The van der Waals surface area contributed by atoms with Gasteiger partial charge in [0.05, 0.1) is 23.5 Å². The highest BCUT2D eigenvalue weighted by molar-refractivity contribution is 7.07. The van der Waals surface area contributed by atoms with E-state index in [1.54, 1.807) is 23.6 Å². The average molecular weight is 325 g/mol. The first-order valence-corrected chi connectivity index (χ1v) is 7.91. The Morgan fingerprint density at radius 1 is 1.17 bits per heavy atom. The Hall–Kier alpha value is -2.86. The quantitative estimate of drug-likeness (QED) is 0.645. The molecule has 0 aliphatic rings. The van der Waals surface area contributed by atoms with Crippen LogP contribution in [0.2, 0.25) is 0 Å². The first-order chi connectivity index (χ1) is 11.1. The summed E-state index contributed by atoms with van der Waals surface area (Å²) >= 11 is 1.10. The number of benzene rings is 2. The number of nitrogens with two attached hydrogens (primary N) is 1. The van der Waals surface area contributed by atoms with Gasteiger partial charge in [-0.3, -0.25) is 9.59 Å². The normalized spacial score (nSPS) is 10.4. The highest BCUT2D eigenvalue weighted by atomic mass is 32.1. The molecular weight excluding hydrogens is 310 g/mol. The molecule has 0 saturated heterocycles. The zero-order chi connectivity index (χ0) is 16.2. The third-order valence-corrected chi connectivity index (χ3v) is 4.04. The third-order valence-electron chi connectivity index (χ3n) is 3.37. The fraction of sp³-hybridized carbons (Fsp3) is 0.0588. The number of rotatable bonds is 4. The van der Waals surface area contributed by atoms with E-state index < -0.39 is 0 Å².